The summed E-state index contributed by atoms with van der Waals surface area (Å²) in [5, 5.41) is 13.4. The van der Waals surface area contributed by atoms with Crippen LogP contribution in [0.25, 0.3) is 0 Å². The van der Waals surface area contributed by atoms with Gasteiger partial charge in [-0.25, -0.2) is 9.97 Å². The van der Waals surface area contributed by atoms with Crippen LogP contribution >= 0.6 is 27.3 Å². The lowest BCUT2D eigenvalue weighted by molar-refractivity contribution is -0.383. The fourth-order valence-electron chi connectivity index (χ4n) is 2.64. The van der Waals surface area contributed by atoms with Gasteiger partial charge in [0.15, 0.2) is 0 Å². The van der Waals surface area contributed by atoms with Crippen molar-refractivity contribution in [3.05, 3.63) is 37.4 Å². The molecule has 0 aromatic carbocycles. The summed E-state index contributed by atoms with van der Waals surface area (Å²) in [5.41, 5.74) is 8.96. The van der Waals surface area contributed by atoms with Crippen molar-refractivity contribution in [3.63, 3.8) is 0 Å². The van der Waals surface area contributed by atoms with Crippen LogP contribution in [0.3, 0.4) is 0 Å². The maximum atomic E-state index is 11.3. The molecule has 0 saturated carbocycles. The van der Waals surface area contributed by atoms with E-state index in [4.69, 9.17) is 5.73 Å². The zero-order valence-electron chi connectivity index (χ0n) is 12.2. The van der Waals surface area contributed by atoms with Crippen molar-refractivity contribution in [2.24, 2.45) is 0 Å². The molecule has 0 bridgehead atoms. The molecule has 23 heavy (non-hydrogen) atoms. The van der Waals surface area contributed by atoms with Gasteiger partial charge in [0.05, 0.1) is 20.6 Å². The monoisotopic (exact) mass is 398 g/mol. The van der Waals surface area contributed by atoms with Crippen LogP contribution < -0.4 is 10.6 Å². The molecule has 1 fully saturated rings. The van der Waals surface area contributed by atoms with Gasteiger partial charge in [0, 0.05) is 44.3 Å². The maximum absolute atomic E-state index is 11.3. The molecule has 0 spiro atoms. The molecule has 1 saturated heterocycles. The van der Waals surface area contributed by atoms with E-state index in [-0.39, 0.29) is 11.5 Å². The first-order chi connectivity index (χ1) is 11.1. The van der Waals surface area contributed by atoms with E-state index in [9.17, 15) is 10.1 Å². The average Bonchev–Trinajstić information content (AvgIpc) is 3.03. The third-order valence-corrected chi connectivity index (χ3v) is 4.97. The molecular formula is C13H15BrN6O2S. The van der Waals surface area contributed by atoms with Gasteiger partial charge in [-0.2, -0.15) is 0 Å². The third-order valence-electron chi connectivity index (χ3n) is 3.75. The van der Waals surface area contributed by atoms with Gasteiger partial charge in [0.25, 0.3) is 0 Å². The summed E-state index contributed by atoms with van der Waals surface area (Å²) in [5.74, 6) is -0.0573. The highest BCUT2D eigenvalue weighted by Crippen LogP contribution is 2.39. The van der Waals surface area contributed by atoms with Gasteiger partial charge in [0.1, 0.15) is 5.69 Å². The Hall–Kier alpha value is -1.78. The van der Waals surface area contributed by atoms with E-state index in [1.165, 1.54) is 6.20 Å². The highest BCUT2D eigenvalue weighted by molar-refractivity contribution is 9.10. The smallest absolute Gasteiger partial charge is 0.335 e. The number of pyridine rings is 1. The minimum absolute atomic E-state index is 0.0573. The van der Waals surface area contributed by atoms with E-state index < -0.39 is 4.92 Å². The van der Waals surface area contributed by atoms with Crippen LogP contribution in [0, 0.1) is 10.1 Å². The second-order valence-corrected chi connectivity index (χ2v) is 6.76. The quantitative estimate of drug-likeness (QED) is 0.621. The number of nitrogen functional groups attached to an aromatic ring is 1. The Balaban J connectivity index is 1.75. The number of thiazole rings is 1. The number of hydrogen-bond acceptors (Lipinski definition) is 8. The number of anilines is 2. The predicted octanol–water partition coefficient (Wildman–Crippen LogP) is 2.11. The van der Waals surface area contributed by atoms with Crippen LogP contribution in [0.2, 0.25) is 0 Å². The Bertz CT molecular complexity index is 703. The van der Waals surface area contributed by atoms with Crippen molar-refractivity contribution < 1.29 is 4.92 Å². The van der Waals surface area contributed by atoms with Crippen molar-refractivity contribution in [2.75, 3.05) is 36.8 Å². The summed E-state index contributed by atoms with van der Waals surface area (Å²) < 4.78 is 0.589. The number of nitro groups is 1. The zero-order chi connectivity index (χ0) is 16.4. The molecular weight excluding hydrogens is 384 g/mol. The lowest BCUT2D eigenvalue weighted by Crippen LogP contribution is -2.46. The fourth-order valence-corrected chi connectivity index (χ4v) is 3.73. The van der Waals surface area contributed by atoms with Crippen LogP contribution in [-0.4, -0.2) is 46.0 Å². The summed E-state index contributed by atoms with van der Waals surface area (Å²) in [7, 11) is 0. The van der Waals surface area contributed by atoms with Gasteiger partial charge in [-0.3, -0.25) is 15.0 Å². The Labute approximate surface area is 145 Å². The van der Waals surface area contributed by atoms with Gasteiger partial charge in [0.2, 0.25) is 5.82 Å². The normalized spacial score (nSPS) is 15.8. The van der Waals surface area contributed by atoms with Crippen molar-refractivity contribution in [2.45, 2.75) is 6.54 Å². The summed E-state index contributed by atoms with van der Waals surface area (Å²) in [6, 6.07) is 0. The Kier molecular flexibility index (Phi) is 4.74. The number of rotatable bonds is 4. The first kappa shape index (κ1) is 16.1. The minimum Gasteiger partial charge on any atom is -0.378 e. The van der Waals surface area contributed by atoms with Crippen LogP contribution in [0.1, 0.15) is 5.69 Å². The molecule has 1 aliphatic heterocycles. The Morgan fingerprint density at radius 1 is 1.35 bits per heavy atom. The SMILES string of the molecule is Nc1ncc(Br)c(N2CCN(Cc3cscn3)CC2)c1[N+](=O)[O-]. The molecule has 0 aliphatic carbocycles. The maximum Gasteiger partial charge on any atom is 0.335 e. The summed E-state index contributed by atoms with van der Waals surface area (Å²) >= 11 is 4.95. The van der Waals surface area contributed by atoms with E-state index >= 15 is 0 Å². The van der Waals surface area contributed by atoms with Crippen LogP contribution in [0.5, 0.6) is 0 Å². The van der Waals surface area contributed by atoms with E-state index in [1.807, 2.05) is 15.8 Å². The van der Waals surface area contributed by atoms with Crippen molar-refractivity contribution in [1.82, 2.24) is 14.9 Å². The molecule has 2 aromatic heterocycles. The first-order valence-electron chi connectivity index (χ1n) is 6.99. The summed E-state index contributed by atoms with van der Waals surface area (Å²) in [4.78, 5) is 23.3. The molecule has 3 rings (SSSR count). The number of halogens is 1. The summed E-state index contributed by atoms with van der Waals surface area (Å²) in [6.45, 7) is 3.80. The van der Waals surface area contributed by atoms with E-state index in [2.05, 4.69) is 30.8 Å². The summed E-state index contributed by atoms with van der Waals surface area (Å²) in [6.07, 6.45) is 1.51. The standard InChI is InChI=1S/C13H15BrN6O2S/c14-10-5-16-13(15)12(20(21)22)11(10)19-3-1-18(2-4-19)6-9-7-23-8-17-9/h5,7-8H,1-4,6H2,(H2,15,16). The lowest BCUT2D eigenvalue weighted by atomic mass is 10.2. The van der Waals surface area contributed by atoms with E-state index in [1.54, 1.807) is 11.3 Å². The van der Waals surface area contributed by atoms with Crippen LogP contribution in [0.4, 0.5) is 17.2 Å². The Morgan fingerprint density at radius 3 is 2.70 bits per heavy atom. The molecule has 2 aromatic rings. The number of aromatic nitrogens is 2. The molecule has 0 radical (unpaired) electrons. The number of hydrogen-bond donors (Lipinski definition) is 1. The van der Waals surface area contributed by atoms with Crippen molar-refractivity contribution in [1.29, 1.82) is 0 Å². The molecule has 8 nitrogen and oxygen atoms in total. The topological polar surface area (TPSA) is 101 Å². The minimum atomic E-state index is -0.468. The van der Waals surface area contributed by atoms with Crippen LogP contribution in [-0.2, 0) is 6.54 Å². The van der Waals surface area contributed by atoms with Gasteiger partial charge in [-0.15, -0.1) is 11.3 Å². The number of nitrogens with zero attached hydrogens (tertiary/aromatic N) is 5. The van der Waals surface area contributed by atoms with Crippen molar-refractivity contribution in [3.8, 4) is 0 Å². The molecule has 0 amide bonds. The first-order valence-corrected chi connectivity index (χ1v) is 8.72. The predicted molar refractivity (Wildman–Crippen MR) is 92.6 cm³/mol. The van der Waals surface area contributed by atoms with Gasteiger partial charge >= 0.3 is 5.69 Å². The van der Waals surface area contributed by atoms with Crippen LogP contribution in [0.15, 0.2) is 21.6 Å². The molecule has 0 unspecified atom stereocenters. The molecule has 10 heteroatoms. The number of nitrogens with two attached hydrogens (primary N) is 1. The van der Waals surface area contributed by atoms with Gasteiger partial charge < -0.3 is 10.6 Å². The lowest BCUT2D eigenvalue weighted by Gasteiger charge is -2.35. The second-order valence-electron chi connectivity index (χ2n) is 5.19. The highest BCUT2D eigenvalue weighted by atomic mass is 79.9. The zero-order valence-corrected chi connectivity index (χ0v) is 14.6. The third kappa shape index (κ3) is 3.43. The largest absolute Gasteiger partial charge is 0.378 e. The average molecular weight is 399 g/mol. The Morgan fingerprint density at radius 2 is 2.09 bits per heavy atom. The number of piperazine rings is 1. The van der Waals surface area contributed by atoms with E-state index in [0.717, 1.165) is 25.3 Å². The molecule has 1 aliphatic rings. The van der Waals surface area contributed by atoms with Gasteiger partial charge in [-0.05, 0) is 15.9 Å². The molecule has 3 heterocycles. The van der Waals surface area contributed by atoms with Gasteiger partial charge in [-0.1, -0.05) is 0 Å². The molecule has 2 N–H and O–H groups in total. The molecule has 0 atom stereocenters. The fraction of sp³-hybridized carbons (Fsp3) is 0.385. The molecule has 122 valence electrons. The van der Waals surface area contributed by atoms with E-state index in [0.29, 0.717) is 23.2 Å². The highest BCUT2D eigenvalue weighted by Gasteiger charge is 2.29. The second kappa shape index (κ2) is 6.77. The van der Waals surface area contributed by atoms with Crippen molar-refractivity contribution >= 4 is 44.5 Å².